The van der Waals surface area contributed by atoms with Crippen LogP contribution in [0.1, 0.15) is 37.7 Å². The Bertz CT molecular complexity index is 703. The Labute approximate surface area is 156 Å². The van der Waals surface area contributed by atoms with Crippen LogP contribution in [0.15, 0.2) is 34.8 Å². The van der Waals surface area contributed by atoms with E-state index in [0.29, 0.717) is 12.8 Å². The average molecular weight is 405 g/mol. The van der Waals surface area contributed by atoms with Crippen molar-refractivity contribution in [3.05, 3.63) is 40.4 Å². The third kappa shape index (κ3) is 5.17. The molecule has 1 aliphatic rings. The smallest absolute Gasteiger partial charge is 0.331 e. The van der Waals surface area contributed by atoms with Crippen molar-refractivity contribution < 1.29 is 14.3 Å². The van der Waals surface area contributed by atoms with Crippen molar-refractivity contribution in [1.29, 1.82) is 5.26 Å². The molecule has 0 bridgehead atoms. The Kier molecular flexibility index (Phi) is 6.77. The molecule has 0 aromatic heterocycles. The number of amides is 1. The molecule has 5 nitrogen and oxygen atoms in total. The SMILES string of the molecule is CN(C(=O)COC(=O)/C=C/c1cccc(Br)c1)C1(C#N)CCCCC1. The van der Waals surface area contributed by atoms with E-state index in [0.717, 1.165) is 29.3 Å². The minimum Gasteiger partial charge on any atom is -0.452 e. The topological polar surface area (TPSA) is 70.4 Å². The minimum atomic E-state index is -0.770. The first-order valence-corrected chi connectivity index (χ1v) is 9.04. The second-order valence-electron chi connectivity index (χ2n) is 6.15. The van der Waals surface area contributed by atoms with E-state index < -0.39 is 11.5 Å². The summed E-state index contributed by atoms with van der Waals surface area (Å²) in [5.41, 5.74) is 0.0777. The number of halogens is 1. The maximum absolute atomic E-state index is 12.3. The predicted molar refractivity (Wildman–Crippen MR) is 98.3 cm³/mol. The fourth-order valence-corrected chi connectivity index (χ4v) is 3.37. The third-order valence-electron chi connectivity index (χ3n) is 4.50. The van der Waals surface area contributed by atoms with Crippen LogP contribution in [-0.4, -0.2) is 36.0 Å². The van der Waals surface area contributed by atoms with Gasteiger partial charge in [-0.1, -0.05) is 47.3 Å². The van der Waals surface area contributed by atoms with Crippen LogP contribution >= 0.6 is 15.9 Å². The van der Waals surface area contributed by atoms with Crippen LogP contribution in [-0.2, 0) is 14.3 Å². The van der Waals surface area contributed by atoms with E-state index in [1.807, 2.05) is 24.3 Å². The standard InChI is InChI=1S/C19H21BrN2O3/c1-22(19(14-21)10-3-2-4-11-19)17(23)13-25-18(24)9-8-15-6-5-7-16(20)12-15/h5-9,12H,2-4,10-11,13H2,1H3/b9-8+. The Hall–Kier alpha value is -2.13. The number of benzene rings is 1. The number of carbonyl (C=O) groups is 2. The Morgan fingerprint density at radius 3 is 2.72 bits per heavy atom. The molecule has 0 radical (unpaired) electrons. The van der Waals surface area contributed by atoms with Crippen LogP contribution in [0.25, 0.3) is 6.08 Å². The van der Waals surface area contributed by atoms with Crippen molar-refractivity contribution in [1.82, 2.24) is 4.90 Å². The summed E-state index contributed by atoms with van der Waals surface area (Å²) in [6, 6.07) is 9.75. The van der Waals surface area contributed by atoms with Crippen LogP contribution in [0.2, 0.25) is 0 Å². The molecule has 1 aliphatic carbocycles. The first-order chi connectivity index (χ1) is 12.0. The highest BCUT2D eigenvalue weighted by atomic mass is 79.9. The second-order valence-corrected chi connectivity index (χ2v) is 7.07. The summed E-state index contributed by atoms with van der Waals surface area (Å²) in [6.45, 7) is -0.360. The van der Waals surface area contributed by atoms with Gasteiger partial charge in [0, 0.05) is 17.6 Å². The maximum Gasteiger partial charge on any atom is 0.331 e. The third-order valence-corrected chi connectivity index (χ3v) is 5.00. The summed E-state index contributed by atoms with van der Waals surface area (Å²) in [5.74, 6) is -0.941. The molecule has 1 fully saturated rings. The van der Waals surface area contributed by atoms with Crippen molar-refractivity contribution in [2.24, 2.45) is 0 Å². The number of ether oxygens (including phenoxy) is 1. The van der Waals surface area contributed by atoms with Crippen molar-refractivity contribution >= 4 is 33.9 Å². The lowest BCUT2D eigenvalue weighted by Crippen LogP contribution is -2.51. The maximum atomic E-state index is 12.3. The highest BCUT2D eigenvalue weighted by Crippen LogP contribution is 2.32. The average Bonchev–Trinajstić information content (AvgIpc) is 2.64. The van der Waals surface area contributed by atoms with E-state index in [2.05, 4.69) is 22.0 Å². The molecular formula is C19H21BrN2O3. The summed E-state index contributed by atoms with van der Waals surface area (Å²) in [5, 5.41) is 9.50. The molecule has 0 unspecified atom stereocenters. The van der Waals surface area contributed by atoms with E-state index in [9.17, 15) is 14.9 Å². The number of hydrogen-bond donors (Lipinski definition) is 0. The Balaban J connectivity index is 1.88. The molecular weight excluding hydrogens is 384 g/mol. The quantitative estimate of drug-likeness (QED) is 0.554. The Morgan fingerprint density at radius 2 is 2.08 bits per heavy atom. The van der Waals surface area contributed by atoms with Gasteiger partial charge in [-0.2, -0.15) is 5.26 Å². The summed E-state index contributed by atoms with van der Waals surface area (Å²) < 4.78 is 5.93. The number of rotatable bonds is 5. The molecule has 1 amide bonds. The van der Waals surface area contributed by atoms with Gasteiger partial charge in [0.25, 0.3) is 5.91 Å². The summed E-state index contributed by atoms with van der Waals surface area (Å²) in [7, 11) is 1.61. The van der Waals surface area contributed by atoms with Crippen LogP contribution in [0.5, 0.6) is 0 Å². The largest absolute Gasteiger partial charge is 0.452 e. The zero-order valence-electron chi connectivity index (χ0n) is 14.2. The Morgan fingerprint density at radius 1 is 1.36 bits per heavy atom. The molecule has 0 atom stereocenters. The molecule has 0 N–H and O–H groups in total. The highest BCUT2D eigenvalue weighted by molar-refractivity contribution is 9.10. The molecule has 0 aliphatic heterocycles. The van der Waals surface area contributed by atoms with Crippen molar-refractivity contribution in [2.45, 2.75) is 37.6 Å². The van der Waals surface area contributed by atoms with Gasteiger partial charge in [0.05, 0.1) is 6.07 Å². The van der Waals surface area contributed by atoms with Crippen molar-refractivity contribution in [3.63, 3.8) is 0 Å². The fourth-order valence-electron chi connectivity index (χ4n) is 2.95. The molecule has 6 heteroatoms. The van der Waals surface area contributed by atoms with Gasteiger partial charge in [0.1, 0.15) is 5.54 Å². The van der Waals surface area contributed by atoms with Gasteiger partial charge in [-0.15, -0.1) is 0 Å². The molecule has 132 valence electrons. The van der Waals surface area contributed by atoms with Crippen LogP contribution in [0.3, 0.4) is 0 Å². The molecule has 0 spiro atoms. The van der Waals surface area contributed by atoms with Gasteiger partial charge < -0.3 is 9.64 Å². The van der Waals surface area contributed by atoms with E-state index in [1.165, 1.54) is 11.0 Å². The normalized spacial score (nSPS) is 16.2. The van der Waals surface area contributed by atoms with E-state index in [-0.39, 0.29) is 12.5 Å². The zero-order chi connectivity index (χ0) is 18.3. The zero-order valence-corrected chi connectivity index (χ0v) is 15.8. The lowest BCUT2D eigenvalue weighted by Gasteiger charge is -2.38. The molecule has 0 saturated heterocycles. The lowest BCUT2D eigenvalue weighted by atomic mass is 9.81. The minimum absolute atomic E-state index is 0.354. The van der Waals surface area contributed by atoms with E-state index in [4.69, 9.17) is 4.74 Å². The van der Waals surface area contributed by atoms with Crippen LogP contribution < -0.4 is 0 Å². The number of nitrogens with zero attached hydrogens (tertiary/aromatic N) is 2. The molecule has 25 heavy (non-hydrogen) atoms. The lowest BCUT2D eigenvalue weighted by molar-refractivity contribution is -0.150. The van der Waals surface area contributed by atoms with Gasteiger partial charge in [-0.05, 0) is 36.6 Å². The van der Waals surface area contributed by atoms with Crippen molar-refractivity contribution in [2.75, 3.05) is 13.7 Å². The fraction of sp³-hybridized carbons (Fsp3) is 0.421. The first kappa shape index (κ1) is 19.2. The number of nitriles is 1. The second kappa shape index (κ2) is 8.82. The molecule has 0 heterocycles. The van der Waals surface area contributed by atoms with Gasteiger partial charge in [-0.25, -0.2) is 4.79 Å². The summed E-state index contributed by atoms with van der Waals surface area (Å²) in [6.07, 6.45) is 7.20. The van der Waals surface area contributed by atoms with Gasteiger partial charge in [0.15, 0.2) is 6.61 Å². The van der Waals surface area contributed by atoms with E-state index in [1.54, 1.807) is 13.1 Å². The molecule has 1 saturated carbocycles. The van der Waals surface area contributed by atoms with Gasteiger partial charge in [0.2, 0.25) is 0 Å². The summed E-state index contributed by atoms with van der Waals surface area (Å²) in [4.78, 5) is 25.5. The van der Waals surface area contributed by atoms with Crippen molar-refractivity contribution in [3.8, 4) is 6.07 Å². The molecule has 1 aromatic rings. The monoisotopic (exact) mass is 404 g/mol. The number of esters is 1. The number of likely N-dealkylation sites (N-methyl/N-ethyl adjacent to an activating group) is 1. The summed E-state index contributed by atoms with van der Waals surface area (Å²) >= 11 is 3.36. The molecule has 2 rings (SSSR count). The highest BCUT2D eigenvalue weighted by Gasteiger charge is 2.38. The first-order valence-electron chi connectivity index (χ1n) is 8.25. The number of carbonyl (C=O) groups excluding carboxylic acids is 2. The van der Waals surface area contributed by atoms with Crippen LogP contribution in [0, 0.1) is 11.3 Å². The molecule has 1 aromatic carbocycles. The van der Waals surface area contributed by atoms with E-state index >= 15 is 0 Å². The predicted octanol–water partition coefficient (Wildman–Crippen LogP) is 3.69. The van der Waals surface area contributed by atoms with Gasteiger partial charge >= 0.3 is 5.97 Å². The van der Waals surface area contributed by atoms with Crippen LogP contribution in [0.4, 0.5) is 0 Å². The van der Waals surface area contributed by atoms with Gasteiger partial charge in [-0.3, -0.25) is 4.79 Å². The number of hydrogen-bond acceptors (Lipinski definition) is 4.